The first-order chi connectivity index (χ1) is 7.19. The normalized spacial score (nSPS) is 12.5. The summed E-state index contributed by atoms with van der Waals surface area (Å²) >= 11 is 3.52. The van der Waals surface area contributed by atoms with Crippen molar-refractivity contribution in [1.29, 1.82) is 0 Å². The van der Waals surface area contributed by atoms with Crippen molar-refractivity contribution >= 4 is 15.9 Å². The Morgan fingerprint density at radius 1 is 1.40 bits per heavy atom. The van der Waals surface area contributed by atoms with Crippen LogP contribution in [-0.4, -0.2) is 6.61 Å². The smallest absolute Gasteiger partial charge is 0.119 e. The third-order valence-corrected chi connectivity index (χ3v) is 3.00. The SMILES string of the molecule is CCCC(N)c1cc(OCC)ccc1Br. The molecule has 0 aliphatic carbocycles. The topological polar surface area (TPSA) is 35.2 Å². The van der Waals surface area contributed by atoms with Gasteiger partial charge >= 0.3 is 0 Å². The molecular weight excluding hydrogens is 254 g/mol. The predicted octanol–water partition coefficient (Wildman–Crippen LogP) is 3.65. The lowest BCUT2D eigenvalue weighted by molar-refractivity contribution is 0.339. The average Bonchev–Trinajstić information content (AvgIpc) is 2.21. The monoisotopic (exact) mass is 271 g/mol. The third-order valence-electron chi connectivity index (χ3n) is 2.28. The lowest BCUT2D eigenvalue weighted by Crippen LogP contribution is -2.10. The number of rotatable bonds is 5. The molecule has 0 fully saturated rings. The van der Waals surface area contributed by atoms with Gasteiger partial charge in [-0.15, -0.1) is 0 Å². The van der Waals surface area contributed by atoms with Crippen LogP contribution >= 0.6 is 15.9 Å². The molecule has 84 valence electrons. The molecule has 0 aromatic heterocycles. The number of nitrogens with two attached hydrogens (primary N) is 1. The van der Waals surface area contributed by atoms with Gasteiger partial charge < -0.3 is 10.5 Å². The van der Waals surface area contributed by atoms with Gasteiger partial charge in [-0.2, -0.15) is 0 Å². The molecule has 1 atom stereocenters. The predicted molar refractivity (Wildman–Crippen MR) is 67.1 cm³/mol. The van der Waals surface area contributed by atoms with Gasteiger partial charge in [0.05, 0.1) is 6.61 Å². The van der Waals surface area contributed by atoms with Crippen molar-refractivity contribution in [3.8, 4) is 5.75 Å². The average molecular weight is 272 g/mol. The fraction of sp³-hybridized carbons (Fsp3) is 0.500. The van der Waals surface area contributed by atoms with Gasteiger partial charge in [-0.3, -0.25) is 0 Å². The molecular formula is C12H18BrNO. The fourth-order valence-electron chi connectivity index (χ4n) is 1.53. The first-order valence-electron chi connectivity index (χ1n) is 5.36. The molecule has 0 aliphatic rings. The molecule has 0 aliphatic heterocycles. The summed E-state index contributed by atoms with van der Waals surface area (Å²) in [5.74, 6) is 0.891. The van der Waals surface area contributed by atoms with Gasteiger partial charge in [0.25, 0.3) is 0 Å². The van der Waals surface area contributed by atoms with E-state index in [0.29, 0.717) is 6.61 Å². The quantitative estimate of drug-likeness (QED) is 0.888. The minimum absolute atomic E-state index is 0.0878. The molecule has 3 heteroatoms. The molecule has 2 nitrogen and oxygen atoms in total. The minimum Gasteiger partial charge on any atom is -0.494 e. The van der Waals surface area contributed by atoms with Crippen LogP contribution in [-0.2, 0) is 0 Å². The Balaban J connectivity index is 2.89. The Kier molecular flexibility index (Phi) is 5.12. The van der Waals surface area contributed by atoms with Gasteiger partial charge in [0.2, 0.25) is 0 Å². The molecule has 0 saturated heterocycles. The Morgan fingerprint density at radius 3 is 2.73 bits per heavy atom. The van der Waals surface area contributed by atoms with E-state index in [9.17, 15) is 0 Å². The number of hydrogen-bond acceptors (Lipinski definition) is 2. The highest BCUT2D eigenvalue weighted by atomic mass is 79.9. The van der Waals surface area contributed by atoms with Gasteiger partial charge in [-0.1, -0.05) is 29.3 Å². The van der Waals surface area contributed by atoms with Crippen molar-refractivity contribution in [2.24, 2.45) is 5.73 Å². The first-order valence-corrected chi connectivity index (χ1v) is 6.16. The van der Waals surface area contributed by atoms with Crippen LogP contribution in [0.1, 0.15) is 38.3 Å². The van der Waals surface area contributed by atoms with Crippen LogP contribution in [0.25, 0.3) is 0 Å². The maximum Gasteiger partial charge on any atom is 0.119 e. The van der Waals surface area contributed by atoms with Crippen LogP contribution in [0.2, 0.25) is 0 Å². The van der Waals surface area contributed by atoms with Crippen molar-refractivity contribution in [2.75, 3.05) is 6.61 Å². The second-order valence-electron chi connectivity index (χ2n) is 3.51. The van der Waals surface area contributed by atoms with Crippen LogP contribution in [0.4, 0.5) is 0 Å². The molecule has 1 rings (SSSR count). The first kappa shape index (κ1) is 12.5. The summed E-state index contributed by atoms with van der Waals surface area (Å²) in [4.78, 5) is 0. The number of ether oxygens (including phenoxy) is 1. The molecule has 0 radical (unpaired) electrons. The van der Waals surface area contributed by atoms with E-state index in [4.69, 9.17) is 10.5 Å². The van der Waals surface area contributed by atoms with Gasteiger partial charge in [0.15, 0.2) is 0 Å². The standard InChI is InChI=1S/C12H18BrNO/c1-3-5-12(14)10-8-9(15-4-2)6-7-11(10)13/h6-8,12H,3-5,14H2,1-2H3. The molecule has 0 spiro atoms. The third kappa shape index (κ3) is 3.50. The highest BCUT2D eigenvalue weighted by molar-refractivity contribution is 9.10. The molecule has 0 bridgehead atoms. The van der Waals surface area contributed by atoms with Crippen LogP contribution in [0.3, 0.4) is 0 Å². The second-order valence-corrected chi connectivity index (χ2v) is 4.37. The summed E-state index contributed by atoms with van der Waals surface area (Å²) in [5.41, 5.74) is 7.21. The summed E-state index contributed by atoms with van der Waals surface area (Å²) in [7, 11) is 0. The minimum atomic E-state index is 0.0878. The zero-order chi connectivity index (χ0) is 11.3. The van der Waals surface area contributed by atoms with E-state index in [1.165, 1.54) is 0 Å². The van der Waals surface area contributed by atoms with Gasteiger partial charge in [-0.25, -0.2) is 0 Å². The number of halogens is 1. The Labute approximate surface area is 99.9 Å². The van der Waals surface area contributed by atoms with Crippen molar-refractivity contribution < 1.29 is 4.74 Å². The number of benzene rings is 1. The molecule has 0 saturated carbocycles. The van der Waals surface area contributed by atoms with E-state index in [-0.39, 0.29) is 6.04 Å². The number of hydrogen-bond donors (Lipinski definition) is 1. The zero-order valence-electron chi connectivity index (χ0n) is 9.29. The van der Waals surface area contributed by atoms with E-state index in [1.54, 1.807) is 0 Å². The molecule has 1 unspecified atom stereocenters. The van der Waals surface area contributed by atoms with Gasteiger partial charge in [0, 0.05) is 10.5 Å². The molecule has 0 heterocycles. The fourth-order valence-corrected chi connectivity index (χ4v) is 2.07. The van der Waals surface area contributed by atoms with E-state index in [0.717, 1.165) is 28.6 Å². The Morgan fingerprint density at radius 2 is 2.13 bits per heavy atom. The van der Waals surface area contributed by atoms with E-state index >= 15 is 0 Å². The summed E-state index contributed by atoms with van der Waals surface area (Å²) in [6.07, 6.45) is 2.08. The molecule has 1 aromatic carbocycles. The summed E-state index contributed by atoms with van der Waals surface area (Å²) in [5, 5.41) is 0. The largest absolute Gasteiger partial charge is 0.494 e. The molecule has 2 N–H and O–H groups in total. The molecule has 1 aromatic rings. The van der Waals surface area contributed by atoms with Gasteiger partial charge in [0.1, 0.15) is 5.75 Å². The van der Waals surface area contributed by atoms with Gasteiger partial charge in [-0.05, 0) is 37.1 Å². The maximum atomic E-state index is 6.09. The second kappa shape index (κ2) is 6.13. The Hall–Kier alpha value is -0.540. The van der Waals surface area contributed by atoms with E-state index < -0.39 is 0 Å². The van der Waals surface area contributed by atoms with E-state index in [2.05, 4.69) is 22.9 Å². The lowest BCUT2D eigenvalue weighted by atomic mass is 10.0. The van der Waals surface area contributed by atoms with Crippen LogP contribution in [0, 0.1) is 0 Å². The van der Waals surface area contributed by atoms with Crippen molar-refractivity contribution in [1.82, 2.24) is 0 Å². The van der Waals surface area contributed by atoms with E-state index in [1.807, 2.05) is 25.1 Å². The lowest BCUT2D eigenvalue weighted by Gasteiger charge is -2.14. The summed E-state index contributed by atoms with van der Waals surface area (Å²) < 4.78 is 6.52. The van der Waals surface area contributed by atoms with Crippen LogP contribution in [0.15, 0.2) is 22.7 Å². The van der Waals surface area contributed by atoms with Crippen molar-refractivity contribution in [3.05, 3.63) is 28.2 Å². The highest BCUT2D eigenvalue weighted by Crippen LogP contribution is 2.28. The highest BCUT2D eigenvalue weighted by Gasteiger charge is 2.10. The molecule has 15 heavy (non-hydrogen) atoms. The summed E-state index contributed by atoms with van der Waals surface area (Å²) in [6, 6.07) is 6.06. The molecule has 0 amide bonds. The van der Waals surface area contributed by atoms with Crippen LogP contribution in [0.5, 0.6) is 5.75 Å². The van der Waals surface area contributed by atoms with Crippen LogP contribution < -0.4 is 10.5 Å². The van der Waals surface area contributed by atoms with Crippen molar-refractivity contribution in [3.63, 3.8) is 0 Å². The maximum absolute atomic E-state index is 6.09. The zero-order valence-corrected chi connectivity index (χ0v) is 10.9. The van der Waals surface area contributed by atoms with Crippen molar-refractivity contribution in [2.45, 2.75) is 32.7 Å². The summed E-state index contributed by atoms with van der Waals surface area (Å²) in [6.45, 7) is 4.80. The Bertz CT molecular complexity index is 314.